The van der Waals surface area contributed by atoms with Gasteiger partial charge in [-0.2, -0.15) is 0 Å². The van der Waals surface area contributed by atoms with Crippen LogP contribution in [0.1, 0.15) is 43.9 Å². The molecule has 0 bridgehead atoms. The highest BCUT2D eigenvalue weighted by Gasteiger charge is 2.13. The van der Waals surface area contributed by atoms with E-state index in [2.05, 4.69) is 36.3 Å². The first-order chi connectivity index (χ1) is 10.3. The van der Waals surface area contributed by atoms with E-state index in [1.807, 2.05) is 24.3 Å². The SMILES string of the molecule is CCCNC(CC)c1ccccc1OCc1ccncc1. The minimum absolute atomic E-state index is 0.346. The second kappa shape index (κ2) is 8.42. The first kappa shape index (κ1) is 15.5. The molecule has 1 aromatic carbocycles. The summed E-state index contributed by atoms with van der Waals surface area (Å²) in [7, 11) is 0. The predicted octanol–water partition coefficient (Wildman–Crippen LogP) is 4.11. The summed E-state index contributed by atoms with van der Waals surface area (Å²) >= 11 is 0. The third-order valence-electron chi connectivity index (χ3n) is 3.49. The first-order valence-electron chi connectivity index (χ1n) is 7.69. The van der Waals surface area contributed by atoms with Gasteiger partial charge in [0.2, 0.25) is 0 Å². The number of rotatable bonds is 8. The molecule has 0 fully saturated rings. The third kappa shape index (κ3) is 4.57. The van der Waals surface area contributed by atoms with E-state index in [4.69, 9.17) is 4.74 Å². The average Bonchev–Trinajstić information content (AvgIpc) is 2.55. The number of ether oxygens (including phenoxy) is 1. The molecule has 3 nitrogen and oxygen atoms in total. The molecule has 1 N–H and O–H groups in total. The first-order valence-corrected chi connectivity index (χ1v) is 7.69. The largest absolute Gasteiger partial charge is 0.489 e. The van der Waals surface area contributed by atoms with Crippen molar-refractivity contribution >= 4 is 0 Å². The normalized spacial score (nSPS) is 12.1. The van der Waals surface area contributed by atoms with Crippen LogP contribution >= 0.6 is 0 Å². The van der Waals surface area contributed by atoms with Gasteiger partial charge in [-0.25, -0.2) is 0 Å². The number of nitrogens with zero attached hydrogens (tertiary/aromatic N) is 1. The van der Waals surface area contributed by atoms with Crippen molar-refractivity contribution < 1.29 is 4.74 Å². The van der Waals surface area contributed by atoms with Crippen LogP contribution in [0.15, 0.2) is 48.8 Å². The minimum Gasteiger partial charge on any atom is -0.489 e. The van der Waals surface area contributed by atoms with Crippen molar-refractivity contribution in [3.63, 3.8) is 0 Å². The van der Waals surface area contributed by atoms with Crippen LogP contribution in [-0.2, 0) is 6.61 Å². The van der Waals surface area contributed by atoms with Gasteiger partial charge in [0.05, 0.1) is 0 Å². The second-order valence-corrected chi connectivity index (χ2v) is 5.10. The predicted molar refractivity (Wildman–Crippen MR) is 86.3 cm³/mol. The zero-order chi connectivity index (χ0) is 14.9. The fourth-order valence-corrected chi connectivity index (χ4v) is 2.33. The number of hydrogen-bond acceptors (Lipinski definition) is 3. The van der Waals surface area contributed by atoms with Gasteiger partial charge in [-0.1, -0.05) is 32.0 Å². The van der Waals surface area contributed by atoms with Gasteiger partial charge in [-0.3, -0.25) is 4.98 Å². The lowest BCUT2D eigenvalue weighted by atomic mass is 10.0. The summed E-state index contributed by atoms with van der Waals surface area (Å²) in [5, 5.41) is 3.58. The number of aromatic nitrogens is 1. The van der Waals surface area contributed by atoms with Gasteiger partial charge in [0.1, 0.15) is 12.4 Å². The topological polar surface area (TPSA) is 34.1 Å². The zero-order valence-corrected chi connectivity index (χ0v) is 12.9. The molecule has 0 amide bonds. The Morgan fingerprint density at radius 3 is 2.57 bits per heavy atom. The van der Waals surface area contributed by atoms with E-state index in [1.54, 1.807) is 12.4 Å². The summed E-state index contributed by atoms with van der Waals surface area (Å²) in [6, 6.07) is 12.6. The van der Waals surface area contributed by atoms with Gasteiger partial charge in [-0.05, 0) is 43.1 Å². The van der Waals surface area contributed by atoms with Crippen molar-refractivity contribution in [3.8, 4) is 5.75 Å². The van der Waals surface area contributed by atoms with Crippen molar-refractivity contribution in [2.24, 2.45) is 0 Å². The van der Waals surface area contributed by atoms with Gasteiger partial charge in [-0.15, -0.1) is 0 Å². The third-order valence-corrected chi connectivity index (χ3v) is 3.49. The molecule has 0 aliphatic carbocycles. The van der Waals surface area contributed by atoms with Gasteiger partial charge in [0.25, 0.3) is 0 Å². The van der Waals surface area contributed by atoms with Crippen LogP contribution in [0.2, 0.25) is 0 Å². The van der Waals surface area contributed by atoms with E-state index in [0.717, 1.165) is 30.7 Å². The van der Waals surface area contributed by atoms with Crippen LogP contribution in [0.3, 0.4) is 0 Å². The lowest BCUT2D eigenvalue weighted by Crippen LogP contribution is -2.22. The Hall–Kier alpha value is -1.87. The molecule has 0 aliphatic rings. The van der Waals surface area contributed by atoms with E-state index in [1.165, 1.54) is 5.56 Å². The Kier molecular flexibility index (Phi) is 6.22. The quantitative estimate of drug-likeness (QED) is 0.792. The molecular formula is C18H24N2O. The van der Waals surface area contributed by atoms with Crippen molar-refractivity contribution in [3.05, 3.63) is 59.9 Å². The van der Waals surface area contributed by atoms with Gasteiger partial charge in [0.15, 0.2) is 0 Å². The summed E-state index contributed by atoms with van der Waals surface area (Å²) < 4.78 is 6.02. The summed E-state index contributed by atoms with van der Waals surface area (Å²) in [6.45, 7) is 5.99. The highest BCUT2D eigenvalue weighted by atomic mass is 16.5. The fraction of sp³-hybridized carbons (Fsp3) is 0.389. The molecule has 21 heavy (non-hydrogen) atoms. The van der Waals surface area contributed by atoms with Crippen molar-refractivity contribution in [1.29, 1.82) is 0 Å². The number of nitrogens with one attached hydrogen (secondary N) is 1. The molecule has 1 heterocycles. The van der Waals surface area contributed by atoms with Gasteiger partial charge in [0, 0.05) is 24.0 Å². The summed E-state index contributed by atoms with van der Waals surface area (Å²) in [5.74, 6) is 0.963. The molecule has 0 spiro atoms. The minimum atomic E-state index is 0.346. The Morgan fingerprint density at radius 1 is 1.10 bits per heavy atom. The fourth-order valence-electron chi connectivity index (χ4n) is 2.33. The van der Waals surface area contributed by atoms with Gasteiger partial charge < -0.3 is 10.1 Å². The van der Waals surface area contributed by atoms with E-state index in [0.29, 0.717) is 12.6 Å². The maximum atomic E-state index is 6.02. The Bertz CT molecular complexity index is 528. The van der Waals surface area contributed by atoms with Crippen molar-refractivity contribution in [1.82, 2.24) is 10.3 Å². The van der Waals surface area contributed by atoms with E-state index >= 15 is 0 Å². The Morgan fingerprint density at radius 2 is 1.86 bits per heavy atom. The molecule has 1 atom stereocenters. The maximum absolute atomic E-state index is 6.02. The molecule has 1 unspecified atom stereocenters. The summed E-state index contributed by atoms with van der Waals surface area (Å²) in [4.78, 5) is 4.03. The van der Waals surface area contributed by atoms with E-state index in [9.17, 15) is 0 Å². The zero-order valence-electron chi connectivity index (χ0n) is 12.9. The average molecular weight is 284 g/mol. The molecule has 3 heteroatoms. The number of para-hydroxylation sites is 1. The molecule has 2 rings (SSSR count). The maximum Gasteiger partial charge on any atom is 0.124 e. The number of benzene rings is 1. The monoisotopic (exact) mass is 284 g/mol. The molecule has 2 aromatic rings. The standard InChI is InChI=1S/C18H24N2O/c1-3-11-20-17(4-2)16-7-5-6-8-18(16)21-14-15-9-12-19-13-10-15/h5-10,12-13,17,20H,3-4,11,14H2,1-2H3. The van der Waals surface area contributed by atoms with Crippen molar-refractivity contribution in [2.75, 3.05) is 6.54 Å². The molecule has 112 valence electrons. The number of hydrogen-bond donors (Lipinski definition) is 1. The lowest BCUT2D eigenvalue weighted by molar-refractivity contribution is 0.298. The molecular weight excluding hydrogens is 260 g/mol. The van der Waals surface area contributed by atoms with Crippen LogP contribution in [0, 0.1) is 0 Å². The molecule has 0 radical (unpaired) electrons. The van der Waals surface area contributed by atoms with Crippen LogP contribution in [0.25, 0.3) is 0 Å². The Balaban J connectivity index is 2.08. The molecule has 1 aromatic heterocycles. The van der Waals surface area contributed by atoms with E-state index in [-0.39, 0.29) is 0 Å². The molecule has 0 aliphatic heterocycles. The molecule has 0 saturated carbocycles. The summed E-state index contributed by atoms with van der Waals surface area (Å²) in [6.07, 6.45) is 5.77. The summed E-state index contributed by atoms with van der Waals surface area (Å²) in [5.41, 5.74) is 2.37. The molecule has 0 saturated heterocycles. The van der Waals surface area contributed by atoms with Crippen LogP contribution in [0.4, 0.5) is 0 Å². The smallest absolute Gasteiger partial charge is 0.124 e. The van der Waals surface area contributed by atoms with Crippen molar-refractivity contribution in [2.45, 2.75) is 39.3 Å². The van der Waals surface area contributed by atoms with Crippen LogP contribution in [-0.4, -0.2) is 11.5 Å². The highest BCUT2D eigenvalue weighted by molar-refractivity contribution is 5.36. The van der Waals surface area contributed by atoms with Gasteiger partial charge >= 0.3 is 0 Å². The second-order valence-electron chi connectivity index (χ2n) is 5.10. The van der Waals surface area contributed by atoms with Crippen LogP contribution < -0.4 is 10.1 Å². The van der Waals surface area contributed by atoms with E-state index < -0.39 is 0 Å². The lowest BCUT2D eigenvalue weighted by Gasteiger charge is -2.20. The Labute approximate surface area is 127 Å². The van der Waals surface area contributed by atoms with Crippen LogP contribution in [0.5, 0.6) is 5.75 Å². The highest BCUT2D eigenvalue weighted by Crippen LogP contribution is 2.27. The number of pyridine rings is 1.